The number of carbonyl (C=O) groups excluding carboxylic acids is 1. The smallest absolute Gasteiger partial charge is 0.231 e. The summed E-state index contributed by atoms with van der Waals surface area (Å²) in [4.78, 5) is 12.6. The van der Waals surface area contributed by atoms with Crippen LogP contribution in [0.2, 0.25) is 0 Å². The molecule has 0 aliphatic carbocycles. The summed E-state index contributed by atoms with van der Waals surface area (Å²) in [7, 11) is -3.34. The molecule has 0 aromatic carbocycles. The fraction of sp³-hybridized carbons (Fsp3) is 0.875. The third-order valence-corrected chi connectivity index (χ3v) is 4.71. The summed E-state index contributed by atoms with van der Waals surface area (Å²) in [6, 6.07) is 0. The third kappa shape index (κ3) is 3.89. The van der Waals surface area contributed by atoms with Gasteiger partial charge in [0.25, 0.3) is 0 Å². The molecule has 0 bridgehead atoms. The zero-order chi connectivity index (χ0) is 12.2. The summed E-state index contributed by atoms with van der Waals surface area (Å²) in [5.74, 6) is -0.395. The van der Waals surface area contributed by atoms with Gasteiger partial charge >= 0.3 is 0 Å². The molecule has 0 aromatic rings. The van der Waals surface area contributed by atoms with Crippen LogP contribution in [-0.2, 0) is 14.8 Å². The molecule has 1 rings (SSSR count). The average molecular weight is 270 g/mol. The second-order valence-electron chi connectivity index (χ2n) is 3.72. The Labute approximate surface area is 100 Å². The van der Waals surface area contributed by atoms with Gasteiger partial charge in [0.1, 0.15) is 5.21 Å². The van der Waals surface area contributed by atoms with Gasteiger partial charge < -0.3 is 5.73 Å². The Morgan fingerprint density at radius 3 is 2.50 bits per heavy atom. The fourth-order valence-corrected chi connectivity index (χ4v) is 2.99. The van der Waals surface area contributed by atoms with E-state index >= 15 is 0 Å². The maximum absolute atomic E-state index is 11.5. The first-order valence-electron chi connectivity index (χ1n) is 5.00. The molecule has 2 N–H and O–H groups in total. The number of nitrogens with zero attached hydrogens (tertiary/aromatic N) is 2. The Kier molecular flexibility index (Phi) is 4.97. The number of primary amides is 1. The number of hydrogen-bond donors (Lipinski definition) is 1. The monoisotopic (exact) mass is 269 g/mol. The van der Waals surface area contributed by atoms with Gasteiger partial charge in [-0.25, -0.2) is 8.42 Å². The Morgan fingerprint density at radius 2 is 1.94 bits per heavy atom. The molecular formula is C8H16ClN3O3S. The molecule has 8 heteroatoms. The van der Waals surface area contributed by atoms with Crippen LogP contribution in [0.4, 0.5) is 0 Å². The molecular weight excluding hydrogens is 254 g/mol. The van der Waals surface area contributed by atoms with Gasteiger partial charge in [0, 0.05) is 19.6 Å². The zero-order valence-corrected chi connectivity index (χ0v) is 10.5. The van der Waals surface area contributed by atoms with Gasteiger partial charge in [0.05, 0.1) is 6.54 Å². The maximum Gasteiger partial charge on any atom is 0.231 e. The van der Waals surface area contributed by atoms with E-state index in [1.807, 2.05) is 4.90 Å². The van der Waals surface area contributed by atoms with Crippen LogP contribution in [0.25, 0.3) is 0 Å². The van der Waals surface area contributed by atoms with Crippen LogP contribution in [0.1, 0.15) is 6.42 Å². The lowest BCUT2D eigenvalue weighted by atomic mass is 10.4. The first kappa shape index (κ1) is 13.7. The van der Waals surface area contributed by atoms with Gasteiger partial charge in [-0.1, -0.05) is 0 Å². The molecule has 0 unspecified atom stereocenters. The number of alkyl halides is 1. The van der Waals surface area contributed by atoms with Crippen molar-refractivity contribution in [2.24, 2.45) is 5.73 Å². The fourth-order valence-electron chi connectivity index (χ4n) is 1.67. The Bertz CT molecular complexity index is 346. The highest BCUT2D eigenvalue weighted by Gasteiger charge is 2.24. The average Bonchev–Trinajstić information content (AvgIpc) is 2.43. The van der Waals surface area contributed by atoms with E-state index in [0.29, 0.717) is 32.6 Å². The van der Waals surface area contributed by atoms with Crippen molar-refractivity contribution in [2.75, 3.05) is 37.9 Å². The minimum atomic E-state index is -3.34. The maximum atomic E-state index is 11.5. The second kappa shape index (κ2) is 5.81. The molecule has 0 spiro atoms. The topological polar surface area (TPSA) is 83.7 Å². The Hall–Kier alpha value is -0.370. The van der Waals surface area contributed by atoms with E-state index < -0.39 is 21.1 Å². The van der Waals surface area contributed by atoms with Crippen LogP contribution in [0, 0.1) is 0 Å². The van der Waals surface area contributed by atoms with Crippen molar-refractivity contribution in [3.63, 3.8) is 0 Å². The van der Waals surface area contributed by atoms with E-state index in [9.17, 15) is 13.2 Å². The highest BCUT2D eigenvalue weighted by atomic mass is 35.5. The van der Waals surface area contributed by atoms with Gasteiger partial charge in [0.2, 0.25) is 15.9 Å². The van der Waals surface area contributed by atoms with E-state index in [-0.39, 0.29) is 6.54 Å². The van der Waals surface area contributed by atoms with Crippen molar-refractivity contribution in [1.29, 1.82) is 0 Å². The van der Waals surface area contributed by atoms with Gasteiger partial charge in [-0.2, -0.15) is 4.31 Å². The molecule has 0 saturated carbocycles. The molecule has 6 nitrogen and oxygen atoms in total. The number of nitrogens with two attached hydrogens (primary N) is 1. The normalized spacial score (nSPS) is 20.6. The largest absolute Gasteiger partial charge is 0.369 e. The number of amides is 1. The molecule has 0 aromatic heterocycles. The van der Waals surface area contributed by atoms with Crippen molar-refractivity contribution in [2.45, 2.75) is 6.42 Å². The molecule has 1 heterocycles. The predicted octanol–water partition coefficient (Wildman–Crippen LogP) is -0.994. The summed E-state index contributed by atoms with van der Waals surface area (Å²) < 4.78 is 24.4. The number of sulfonamides is 1. The van der Waals surface area contributed by atoms with Crippen molar-refractivity contribution >= 4 is 27.5 Å². The molecule has 1 fully saturated rings. The van der Waals surface area contributed by atoms with Crippen LogP contribution in [0.3, 0.4) is 0 Å². The van der Waals surface area contributed by atoms with E-state index in [2.05, 4.69) is 0 Å². The lowest BCUT2D eigenvalue weighted by molar-refractivity contribution is -0.119. The minimum absolute atomic E-state index is 0.175. The summed E-state index contributed by atoms with van der Waals surface area (Å²) in [5, 5.41) is -0.400. The van der Waals surface area contributed by atoms with Crippen LogP contribution >= 0.6 is 11.6 Å². The number of halogens is 1. The lowest BCUT2D eigenvalue weighted by Gasteiger charge is -2.19. The van der Waals surface area contributed by atoms with Crippen LogP contribution in [0.5, 0.6) is 0 Å². The standard InChI is InChI=1S/C8H16ClN3O3S/c9-7-16(14,15)12-3-1-2-11(4-5-12)6-8(10)13/h1-7H2,(H2,10,13). The quantitative estimate of drug-likeness (QED) is 0.664. The van der Waals surface area contributed by atoms with Gasteiger partial charge in [-0.05, 0) is 13.0 Å². The van der Waals surface area contributed by atoms with Gasteiger partial charge in [-0.3, -0.25) is 9.69 Å². The van der Waals surface area contributed by atoms with Crippen molar-refractivity contribution in [3.05, 3.63) is 0 Å². The number of hydrogen-bond acceptors (Lipinski definition) is 4. The molecule has 1 aliphatic rings. The molecule has 1 saturated heterocycles. The highest BCUT2D eigenvalue weighted by Crippen LogP contribution is 2.09. The first-order valence-corrected chi connectivity index (χ1v) is 7.14. The number of rotatable bonds is 4. The van der Waals surface area contributed by atoms with Crippen molar-refractivity contribution < 1.29 is 13.2 Å². The van der Waals surface area contributed by atoms with Crippen LogP contribution < -0.4 is 5.73 Å². The zero-order valence-electron chi connectivity index (χ0n) is 8.93. The van der Waals surface area contributed by atoms with Crippen molar-refractivity contribution in [1.82, 2.24) is 9.21 Å². The SMILES string of the molecule is NC(=O)CN1CCCN(S(=O)(=O)CCl)CC1. The first-order chi connectivity index (χ1) is 7.45. The van der Waals surface area contributed by atoms with Gasteiger partial charge in [0.15, 0.2) is 0 Å². The Balaban J connectivity index is 2.56. The summed E-state index contributed by atoms with van der Waals surface area (Å²) in [5.41, 5.74) is 5.09. The summed E-state index contributed by atoms with van der Waals surface area (Å²) in [6.45, 7) is 2.18. The highest BCUT2D eigenvalue weighted by molar-refractivity contribution is 7.90. The van der Waals surface area contributed by atoms with Crippen LogP contribution in [-0.4, -0.2) is 61.5 Å². The van der Waals surface area contributed by atoms with E-state index in [4.69, 9.17) is 17.3 Å². The van der Waals surface area contributed by atoms with E-state index in [0.717, 1.165) is 0 Å². The second-order valence-corrected chi connectivity index (χ2v) is 6.27. The van der Waals surface area contributed by atoms with Gasteiger partial charge in [-0.15, -0.1) is 11.6 Å². The summed E-state index contributed by atoms with van der Waals surface area (Å²) in [6.07, 6.45) is 0.684. The molecule has 0 radical (unpaired) electrons. The van der Waals surface area contributed by atoms with E-state index in [1.54, 1.807) is 0 Å². The van der Waals surface area contributed by atoms with Crippen LogP contribution in [0.15, 0.2) is 0 Å². The minimum Gasteiger partial charge on any atom is -0.369 e. The summed E-state index contributed by atoms with van der Waals surface area (Å²) >= 11 is 5.38. The van der Waals surface area contributed by atoms with Crippen molar-refractivity contribution in [3.8, 4) is 0 Å². The predicted molar refractivity (Wildman–Crippen MR) is 61.5 cm³/mol. The number of carbonyl (C=O) groups is 1. The van der Waals surface area contributed by atoms with E-state index in [1.165, 1.54) is 4.31 Å². The molecule has 16 heavy (non-hydrogen) atoms. The molecule has 1 aliphatic heterocycles. The lowest BCUT2D eigenvalue weighted by Crippen LogP contribution is -2.38. The molecule has 0 atom stereocenters. The Morgan fingerprint density at radius 1 is 1.25 bits per heavy atom. The molecule has 94 valence electrons. The third-order valence-electron chi connectivity index (χ3n) is 2.46. The molecule has 1 amide bonds.